The van der Waals surface area contributed by atoms with Gasteiger partial charge in [-0.05, 0) is 64.5 Å². The molecule has 0 saturated heterocycles. The molecular weight excluding hydrogens is 407 g/mol. The zero-order valence-corrected chi connectivity index (χ0v) is 18.8. The van der Waals surface area contributed by atoms with E-state index in [1.165, 1.54) is 17.0 Å². The van der Waals surface area contributed by atoms with Crippen LogP contribution in [0.25, 0.3) is 0 Å². The molecule has 0 aliphatic rings. The van der Waals surface area contributed by atoms with Crippen molar-refractivity contribution in [2.45, 2.75) is 58.9 Å². The summed E-state index contributed by atoms with van der Waals surface area (Å²) in [7, 11) is 0. The summed E-state index contributed by atoms with van der Waals surface area (Å²) in [4.78, 5) is 15.8. The third-order valence-electron chi connectivity index (χ3n) is 4.32. The predicted octanol–water partition coefficient (Wildman–Crippen LogP) is 6.27. The molecule has 0 aromatic heterocycles. The Morgan fingerprint density at radius 2 is 1.77 bits per heavy atom. The number of nitrogens with one attached hydrogen (secondary N) is 1. The standard InChI is InChI=1S/C23H32F3N3O2/c1-7-8-9-17(2)28(20-12-10-19(11-13-20)23(24,25)26)14-15-29(18(3)16-27)21(30)31-22(4,5)6/h8-13,16,18,27H,2,7,14-15H2,1,3-6H3/b9-8-,27-16?. The average Bonchev–Trinajstić information content (AvgIpc) is 2.67. The van der Waals surface area contributed by atoms with Gasteiger partial charge < -0.3 is 15.0 Å². The highest BCUT2D eigenvalue weighted by Crippen LogP contribution is 2.31. The Morgan fingerprint density at radius 3 is 2.23 bits per heavy atom. The summed E-state index contributed by atoms with van der Waals surface area (Å²) < 4.78 is 44.2. The minimum Gasteiger partial charge on any atom is -0.444 e. The second kappa shape index (κ2) is 11.0. The van der Waals surface area contributed by atoms with Gasteiger partial charge in [0.15, 0.2) is 0 Å². The summed E-state index contributed by atoms with van der Waals surface area (Å²) in [5.74, 6) is 0. The van der Waals surface area contributed by atoms with Crippen LogP contribution >= 0.6 is 0 Å². The molecule has 0 heterocycles. The normalized spacial score (nSPS) is 13.0. The van der Waals surface area contributed by atoms with E-state index in [1.54, 1.807) is 38.7 Å². The third kappa shape index (κ3) is 8.47. The van der Waals surface area contributed by atoms with Crippen molar-refractivity contribution in [3.05, 3.63) is 54.3 Å². The van der Waals surface area contributed by atoms with Crippen LogP contribution in [-0.2, 0) is 10.9 Å². The van der Waals surface area contributed by atoms with E-state index in [9.17, 15) is 18.0 Å². The number of ether oxygens (including phenoxy) is 1. The lowest BCUT2D eigenvalue weighted by Gasteiger charge is -2.33. The minimum atomic E-state index is -4.42. The van der Waals surface area contributed by atoms with Crippen molar-refractivity contribution in [3.8, 4) is 0 Å². The molecule has 0 saturated carbocycles. The Kier molecular flexibility index (Phi) is 9.34. The molecule has 1 rings (SSSR count). The number of halogens is 3. The third-order valence-corrected chi connectivity index (χ3v) is 4.32. The molecule has 0 bridgehead atoms. The van der Waals surface area contributed by atoms with Crippen LogP contribution in [0.1, 0.15) is 46.6 Å². The molecule has 8 heteroatoms. The second-order valence-electron chi connectivity index (χ2n) is 8.08. The SMILES string of the molecule is C=C(/C=C\CC)N(CCN(C(=O)OC(C)(C)C)C(C)C=N)c1ccc(C(F)(F)F)cc1. The molecule has 5 nitrogen and oxygen atoms in total. The fourth-order valence-electron chi connectivity index (χ4n) is 2.69. The number of alkyl halides is 3. The molecule has 0 aliphatic heterocycles. The van der Waals surface area contributed by atoms with Crippen LogP contribution in [0.4, 0.5) is 23.7 Å². The topological polar surface area (TPSA) is 56.6 Å². The molecule has 31 heavy (non-hydrogen) atoms. The largest absolute Gasteiger partial charge is 0.444 e. The number of amides is 1. The maximum absolute atomic E-state index is 12.9. The maximum atomic E-state index is 12.9. The molecule has 172 valence electrons. The number of carbonyl (C=O) groups excluding carboxylic acids is 1. The zero-order valence-electron chi connectivity index (χ0n) is 18.8. The quantitative estimate of drug-likeness (QED) is 0.365. The summed E-state index contributed by atoms with van der Waals surface area (Å²) in [6.07, 6.45) is 0.605. The van der Waals surface area contributed by atoms with Crippen molar-refractivity contribution in [1.82, 2.24) is 4.90 Å². The number of benzene rings is 1. The summed E-state index contributed by atoms with van der Waals surface area (Å²) in [5, 5.41) is 7.55. The first kappa shape index (κ1) is 26.3. The van der Waals surface area contributed by atoms with Crippen molar-refractivity contribution >= 4 is 18.0 Å². The van der Waals surface area contributed by atoms with Crippen LogP contribution in [0.3, 0.4) is 0 Å². The van der Waals surface area contributed by atoms with E-state index in [4.69, 9.17) is 10.1 Å². The Bertz CT molecular complexity index is 781. The molecule has 0 aliphatic carbocycles. The smallest absolute Gasteiger partial charge is 0.416 e. The highest BCUT2D eigenvalue weighted by atomic mass is 19.4. The van der Waals surface area contributed by atoms with Crippen LogP contribution in [0.15, 0.2) is 48.7 Å². The molecule has 1 unspecified atom stereocenters. The highest BCUT2D eigenvalue weighted by Gasteiger charge is 2.30. The molecule has 1 aromatic carbocycles. The lowest BCUT2D eigenvalue weighted by molar-refractivity contribution is -0.137. The lowest BCUT2D eigenvalue weighted by atomic mass is 10.1. The average molecular weight is 440 g/mol. The van der Waals surface area contributed by atoms with Gasteiger partial charge in [0, 0.05) is 30.7 Å². The molecule has 1 aromatic rings. The van der Waals surface area contributed by atoms with E-state index < -0.39 is 29.5 Å². The fraction of sp³-hybridized carbons (Fsp3) is 0.478. The predicted molar refractivity (Wildman–Crippen MR) is 119 cm³/mol. The Balaban J connectivity index is 3.16. The number of carbonyl (C=O) groups is 1. The molecule has 0 spiro atoms. The van der Waals surface area contributed by atoms with Crippen molar-refractivity contribution < 1.29 is 22.7 Å². The summed E-state index contributed by atoms with van der Waals surface area (Å²) >= 11 is 0. The number of nitrogens with zero attached hydrogens (tertiary/aromatic N) is 2. The number of allylic oxidation sites excluding steroid dienone is 2. The summed E-state index contributed by atoms with van der Waals surface area (Å²) in [6, 6.07) is 4.29. The minimum absolute atomic E-state index is 0.186. The van der Waals surface area contributed by atoms with Crippen LogP contribution in [0.5, 0.6) is 0 Å². The zero-order chi connectivity index (χ0) is 23.8. The van der Waals surface area contributed by atoms with Crippen LogP contribution in [0, 0.1) is 5.41 Å². The molecular formula is C23H32F3N3O2. The van der Waals surface area contributed by atoms with Gasteiger partial charge in [-0.25, -0.2) is 4.79 Å². The number of rotatable bonds is 9. The van der Waals surface area contributed by atoms with Gasteiger partial charge in [-0.2, -0.15) is 13.2 Å². The highest BCUT2D eigenvalue weighted by molar-refractivity contribution is 5.74. The van der Waals surface area contributed by atoms with Crippen LogP contribution < -0.4 is 4.90 Å². The van der Waals surface area contributed by atoms with E-state index in [0.29, 0.717) is 11.4 Å². The second-order valence-corrected chi connectivity index (χ2v) is 8.08. The maximum Gasteiger partial charge on any atom is 0.416 e. The van der Waals surface area contributed by atoms with Crippen LogP contribution in [-0.4, -0.2) is 41.9 Å². The number of anilines is 1. The van der Waals surface area contributed by atoms with E-state index >= 15 is 0 Å². The first-order valence-corrected chi connectivity index (χ1v) is 10.1. The van der Waals surface area contributed by atoms with E-state index in [2.05, 4.69) is 6.58 Å². The number of hydrogen-bond acceptors (Lipinski definition) is 4. The Hall–Kier alpha value is -2.77. The summed E-state index contributed by atoms with van der Waals surface area (Å²) in [6.45, 7) is 13.4. The summed E-state index contributed by atoms with van der Waals surface area (Å²) in [5.41, 5.74) is -0.338. The van der Waals surface area contributed by atoms with Gasteiger partial charge in [0.1, 0.15) is 5.60 Å². The molecule has 0 fully saturated rings. The van der Waals surface area contributed by atoms with Crippen molar-refractivity contribution in [2.24, 2.45) is 0 Å². The molecule has 0 radical (unpaired) electrons. The van der Waals surface area contributed by atoms with Gasteiger partial charge in [-0.1, -0.05) is 19.6 Å². The fourth-order valence-corrected chi connectivity index (χ4v) is 2.69. The van der Waals surface area contributed by atoms with Gasteiger partial charge in [-0.15, -0.1) is 0 Å². The molecule has 1 N–H and O–H groups in total. The van der Waals surface area contributed by atoms with Gasteiger partial charge in [0.2, 0.25) is 0 Å². The Labute approximate surface area is 182 Å². The van der Waals surface area contributed by atoms with E-state index in [-0.39, 0.29) is 13.1 Å². The lowest BCUT2D eigenvalue weighted by Crippen LogP contribution is -2.46. The van der Waals surface area contributed by atoms with Crippen molar-refractivity contribution in [1.29, 1.82) is 5.41 Å². The molecule has 1 atom stereocenters. The van der Waals surface area contributed by atoms with Gasteiger partial charge in [0.25, 0.3) is 0 Å². The van der Waals surface area contributed by atoms with Crippen molar-refractivity contribution in [2.75, 3.05) is 18.0 Å². The van der Waals surface area contributed by atoms with E-state index in [0.717, 1.165) is 24.8 Å². The van der Waals surface area contributed by atoms with Gasteiger partial charge >= 0.3 is 12.3 Å². The monoisotopic (exact) mass is 439 g/mol. The first-order chi connectivity index (χ1) is 14.3. The van der Waals surface area contributed by atoms with Crippen LogP contribution in [0.2, 0.25) is 0 Å². The number of hydrogen-bond donors (Lipinski definition) is 1. The van der Waals surface area contributed by atoms with E-state index in [1.807, 2.05) is 13.0 Å². The Morgan fingerprint density at radius 1 is 1.19 bits per heavy atom. The van der Waals surface area contributed by atoms with Gasteiger partial charge in [-0.3, -0.25) is 4.90 Å². The van der Waals surface area contributed by atoms with Crippen molar-refractivity contribution in [3.63, 3.8) is 0 Å². The molecule has 1 amide bonds. The first-order valence-electron chi connectivity index (χ1n) is 10.1. The van der Waals surface area contributed by atoms with Gasteiger partial charge in [0.05, 0.1) is 11.6 Å².